The summed E-state index contributed by atoms with van der Waals surface area (Å²) in [5, 5.41) is 10.4. The minimum Gasteiger partial charge on any atom is -0.303 e. The molecule has 0 spiro atoms. The molecule has 0 aliphatic heterocycles. The van der Waals surface area contributed by atoms with Crippen LogP contribution in [0.2, 0.25) is 0 Å². The van der Waals surface area contributed by atoms with E-state index in [4.69, 9.17) is 5.10 Å². The van der Waals surface area contributed by atoms with E-state index in [0.29, 0.717) is 12.1 Å². The fraction of sp³-hybridized carbons (Fsp3) is 0.562. The zero-order valence-electron chi connectivity index (χ0n) is 12.7. The van der Waals surface area contributed by atoms with E-state index >= 15 is 0 Å². The van der Waals surface area contributed by atoms with Crippen LogP contribution in [-0.4, -0.2) is 9.78 Å². The van der Waals surface area contributed by atoms with E-state index in [9.17, 15) is 0 Å². The summed E-state index contributed by atoms with van der Waals surface area (Å²) in [5.41, 5.74) is 1.13. The number of hydrogen-bond acceptors (Lipinski definition) is 3. The molecule has 0 saturated carbocycles. The number of nitrogens with one attached hydrogen (secondary N) is 1. The largest absolute Gasteiger partial charge is 0.303 e. The molecule has 2 aromatic heterocycles. The molecule has 1 N–H and O–H groups in total. The number of aromatic nitrogens is 2. The van der Waals surface area contributed by atoms with Crippen LogP contribution in [0.15, 0.2) is 29.8 Å². The van der Waals surface area contributed by atoms with Crippen LogP contribution in [0.3, 0.4) is 0 Å². The SMILES string of the molecule is CCC(NCc1ccn(C(CC)CC)n1)c1cccs1. The van der Waals surface area contributed by atoms with Gasteiger partial charge in [0, 0.05) is 23.7 Å². The maximum atomic E-state index is 4.70. The summed E-state index contributed by atoms with van der Waals surface area (Å²) in [6, 6.07) is 7.42. The van der Waals surface area contributed by atoms with Gasteiger partial charge in [-0.1, -0.05) is 26.8 Å². The van der Waals surface area contributed by atoms with Gasteiger partial charge in [0.25, 0.3) is 0 Å². The fourth-order valence-electron chi connectivity index (χ4n) is 2.50. The van der Waals surface area contributed by atoms with Gasteiger partial charge in [-0.3, -0.25) is 4.68 Å². The van der Waals surface area contributed by atoms with Crippen LogP contribution in [0, 0.1) is 0 Å². The van der Waals surface area contributed by atoms with E-state index in [0.717, 1.165) is 31.5 Å². The molecule has 3 nitrogen and oxygen atoms in total. The van der Waals surface area contributed by atoms with Crippen LogP contribution < -0.4 is 5.32 Å². The molecule has 0 aromatic carbocycles. The quantitative estimate of drug-likeness (QED) is 0.773. The first-order valence-electron chi connectivity index (χ1n) is 7.59. The smallest absolute Gasteiger partial charge is 0.0762 e. The monoisotopic (exact) mass is 291 g/mol. The Labute approximate surface area is 126 Å². The van der Waals surface area contributed by atoms with Gasteiger partial charge in [0.2, 0.25) is 0 Å². The molecular weight excluding hydrogens is 266 g/mol. The number of rotatable bonds is 8. The average molecular weight is 291 g/mol. The van der Waals surface area contributed by atoms with Crippen molar-refractivity contribution < 1.29 is 0 Å². The third kappa shape index (κ3) is 3.70. The zero-order chi connectivity index (χ0) is 14.4. The number of hydrogen-bond donors (Lipinski definition) is 1. The summed E-state index contributed by atoms with van der Waals surface area (Å²) in [4.78, 5) is 1.41. The molecule has 110 valence electrons. The lowest BCUT2D eigenvalue weighted by Gasteiger charge is -2.15. The Morgan fingerprint density at radius 3 is 2.60 bits per heavy atom. The van der Waals surface area contributed by atoms with Crippen LogP contribution >= 0.6 is 11.3 Å². The van der Waals surface area contributed by atoms with Crippen LogP contribution in [0.4, 0.5) is 0 Å². The van der Waals surface area contributed by atoms with E-state index < -0.39 is 0 Å². The van der Waals surface area contributed by atoms with Crippen molar-refractivity contribution >= 4 is 11.3 Å². The van der Waals surface area contributed by atoms with E-state index in [1.165, 1.54) is 4.88 Å². The summed E-state index contributed by atoms with van der Waals surface area (Å²) in [6.07, 6.45) is 5.49. The lowest BCUT2D eigenvalue weighted by atomic mass is 10.2. The topological polar surface area (TPSA) is 29.9 Å². The molecule has 4 heteroatoms. The van der Waals surface area contributed by atoms with Gasteiger partial charge in [-0.2, -0.15) is 5.10 Å². The van der Waals surface area contributed by atoms with Gasteiger partial charge >= 0.3 is 0 Å². The molecule has 0 radical (unpaired) electrons. The maximum absolute atomic E-state index is 4.70. The summed E-state index contributed by atoms with van der Waals surface area (Å²) < 4.78 is 2.11. The molecule has 0 amide bonds. The Balaban J connectivity index is 1.93. The van der Waals surface area contributed by atoms with Gasteiger partial charge < -0.3 is 5.32 Å². The van der Waals surface area contributed by atoms with Gasteiger partial charge in [0.05, 0.1) is 11.7 Å². The van der Waals surface area contributed by atoms with Crippen LogP contribution in [0.1, 0.15) is 62.7 Å². The molecule has 0 aliphatic carbocycles. The Morgan fingerprint density at radius 2 is 2.00 bits per heavy atom. The first-order chi connectivity index (χ1) is 9.78. The van der Waals surface area contributed by atoms with Gasteiger partial charge in [-0.25, -0.2) is 0 Å². The second-order valence-electron chi connectivity index (χ2n) is 5.11. The molecule has 0 bridgehead atoms. The summed E-state index contributed by atoms with van der Waals surface area (Å²) >= 11 is 1.82. The molecule has 1 atom stereocenters. The Bertz CT molecular complexity index is 486. The molecule has 0 fully saturated rings. The zero-order valence-corrected chi connectivity index (χ0v) is 13.5. The van der Waals surface area contributed by atoms with Crippen molar-refractivity contribution in [3.8, 4) is 0 Å². The van der Waals surface area contributed by atoms with Crippen LogP contribution in [-0.2, 0) is 6.54 Å². The van der Waals surface area contributed by atoms with E-state index in [2.05, 4.69) is 60.5 Å². The highest BCUT2D eigenvalue weighted by Crippen LogP contribution is 2.22. The van der Waals surface area contributed by atoms with Gasteiger partial charge in [0.1, 0.15) is 0 Å². The Hall–Kier alpha value is -1.13. The second-order valence-corrected chi connectivity index (χ2v) is 6.09. The molecule has 0 aliphatic rings. The predicted octanol–water partition coefficient (Wildman–Crippen LogP) is 4.55. The number of thiophene rings is 1. The van der Waals surface area contributed by atoms with Crippen LogP contribution in [0.25, 0.3) is 0 Å². The van der Waals surface area contributed by atoms with Crippen molar-refractivity contribution in [2.24, 2.45) is 0 Å². The van der Waals surface area contributed by atoms with E-state index in [1.54, 1.807) is 0 Å². The van der Waals surface area contributed by atoms with E-state index in [1.807, 2.05) is 11.3 Å². The summed E-state index contributed by atoms with van der Waals surface area (Å²) in [6.45, 7) is 7.50. The third-order valence-corrected chi connectivity index (χ3v) is 4.79. The van der Waals surface area contributed by atoms with Gasteiger partial charge in [0.15, 0.2) is 0 Å². The van der Waals surface area contributed by atoms with Crippen molar-refractivity contribution in [1.29, 1.82) is 0 Å². The highest BCUT2D eigenvalue weighted by Gasteiger charge is 2.11. The fourth-order valence-corrected chi connectivity index (χ4v) is 3.39. The maximum Gasteiger partial charge on any atom is 0.0762 e. The normalized spacial score (nSPS) is 13.0. The second kappa shape index (κ2) is 7.60. The minimum atomic E-state index is 0.438. The van der Waals surface area contributed by atoms with Crippen molar-refractivity contribution in [3.05, 3.63) is 40.3 Å². The Kier molecular flexibility index (Phi) is 5.80. The molecule has 20 heavy (non-hydrogen) atoms. The van der Waals surface area contributed by atoms with Gasteiger partial charge in [-0.05, 0) is 36.8 Å². The van der Waals surface area contributed by atoms with Crippen molar-refractivity contribution in [3.63, 3.8) is 0 Å². The highest BCUT2D eigenvalue weighted by molar-refractivity contribution is 7.10. The highest BCUT2D eigenvalue weighted by atomic mass is 32.1. The summed E-state index contributed by atoms with van der Waals surface area (Å²) in [7, 11) is 0. The lowest BCUT2D eigenvalue weighted by molar-refractivity contribution is 0.422. The number of nitrogens with zero attached hydrogens (tertiary/aromatic N) is 2. The average Bonchev–Trinajstić information content (AvgIpc) is 3.13. The predicted molar refractivity (Wildman–Crippen MR) is 86.0 cm³/mol. The third-order valence-electron chi connectivity index (χ3n) is 3.80. The Morgan fingerprint density at radius 1 is 1.20 bits per heavy atom. The molecular formula is C16H25N3S. The standard InChI is InChI=1S/C16H25N3S/c1-4-14(5-2)19-10-9-13(18-19)12-17-15(6-3)16-8-7-11-20-16/h7-11,14-15,17H,4-6,12H2,1-3H3. The minimum absolute atomic E-state index is 0.438. The molecule has 1 unspecified atom stereocenters. The molecule has 2 rings (SSSR count). The lowest BCUT2D eigenvalue weighted by Crippen LogP contribution is -2.20. The molecule has 2 aromatic rings. The van der Waals surface area contributed by atoms with Crippen molar-refractivity contribution in [2.75, 3.05) is 0 Å². The summed E-state index contributed by atoms with van der Waals surface area (Å²) in [5.74, 6) is 0. The first-order valence-corrected chi connectivity index (χ1v) is 8.47. The van der Waals surface area contributed by atoms with Crippen LogP contribution in [0.5, 0.6) is 0 Å². The van der Waals surface area contributed by atoms with Crippen molar-refractivity contribution in [2.45, 2.75) is 58.7 Å². The first kappa shape index (κ1) is 15.3. The van der Waals surface area contributed by atoms with Crippen molar-refractivity contribution in [1.82, 2.24) is 15.1 Å². The van der Waals surface area contributed by atoms with Gasteiger partial charge in [-0.15, -0.1) is 11.3 Å². The molecule has 2 heterocycles. The van der Waals surface area contributed by atoms with E-state index in [-0.39, 0.29) is 0 Å². The molecule has 0 saturated heterocycles.